The van der Waals surface area contributed by atoms with Crippen molar-refractivity contribution in [2.75, 3.05) is 13.7 Å². The van der Waals surface area contributed by atoms with E-state index in [1.807, 2.05) is 18.2 Å². The molecule has 5 nitrogen and oxygen atoms in total. The van der Waals surface area contributed by atoms with Crippen LogP contribution in [-0.2, 0) is 9.53 Å². The minimum absolute atomic E-state index is 0. The second kappa shape index (κ2) is 7.13. The van der Waals surface area contributed by atoms with Gasteiger partial charge < -0.3 is 14.8 Å². The van der Waals surface area contributed by atoms with Crippen molar-refractivity contribution in [2.24, 2.45) is 0 Å². The van der Waals surface area contributed by atoms with Crippen LogP contribution < -0.4 is 10.1 Å². The molecule has 1 aliphatic heterocycles. The Morgan fingerprint density at radius 2 is 2.23 bits per heavy atom. The predicted octanol–water partition coefficient (Wildman–Crippen LogP) is 2.59. The minimum atomic E-state index is -0.313. The van der Waals surface area contributed by atoms with Crippen LogP contribution in [0.3, 0.4) is 0 Å². The average Bonchev–Trinajstić information content (AvgIpc) is 2.98. The number of esters is 1. The number of halogens is 2. The molecule has 1 aromatic carbocycles. The van der Waals surface area contributed by atoms with Gasteiger partial charge in [0, 0.05) is 24.5 Å². The average molecular weight is 343 g/mol. The van der Waals surface area contributed by atoms with Crippen molar-refractivity contribution in [3.63, 3.8) is 0 Å². The van der Waals surface area contributed by atoms with Crippen LogP contribution in [0.25, 0.3) is 10.9 Å². The lowest BCUT2D eigenvalue weighted by atomic mass is 10.2. The Balaban J connectivity index is 0.00000176. The molecule has 2 aromatic rings. The quantitative estimate of drug-likeness (QED) is 0.868. The van der Waals surface area contributed by atoms with Gasteiger partial charge in [0.05, 0.1) is 12.1 Å². The van der Waals surface area contributed by atoms with Gasteiger partial charge in [-0.2, -0.15) is 0 Å². The second-order valence-corrected chi connectivity index (χ2v) is 5.31. The first-order valence-electron chi connectivity index (χ1n) is 6.70. The van der Waals surface area contributed by atoms with Gasteiger partial charge in [-0.25, -0.2) is 0 Å². The number of fused-ring (bicyclic) bond motifs is 1. The number of ether oxygens (including phenoxy) is 2. The number of aromatic nitrogens is 1. The first-order chi connectivity index (χ1) is 10.2. The Morgan fingerprint density at radius 1 is 1.41 bits per heavy atom. The molecule has 1 saturated heterocycles. The Hall–Kier alpha value is -1.56. The van der Waals surface area contributed by atoms with Crippen LogP contribution in [0, 0.1) is 0 Å². The number of pyridine rings is 1. The lowest BCUT2D eigenvalue weighted by Gasteiger charge is -2.14. The topological polar surface area (TPSA) is 60.5 Å². The normalized spacial score (nSPS) is 20.5. The molecular weight excluding hydrogens is 327 g/mol. The van der Waals surface area contributed by atoms with Crippen molar-refractivity contribution in [3.8, 4) is 5.75 Å². The highest BCUT2D eigenvalue weighted by Crippen LogP contribution is 2.31. The second-order valence-electron chi connectivity index (χ2n) is 4.90. The van der Waals surface area contributed by atoms with Crippen molar-refractivity contribution in [3.05, 3.63) is 35.5 Å². The van der Waals surface area contributed by atoms with Crippen molar-refractivity contribution in [1.82, 2.24) is 10.3 Å². The van der Waals surface area contributed by atoms with Gasteiger partial charge in [-0.3, -0.25) is 9.78 Å². The third kappa shape index (κ3) is 3.27. The third-order valence-electron chi connectivity index (χ3n) is 3.55. The predicted molar refractivity (Wildman–Crippen MR) is 86.8 cm³/mol. The van der Waals surface area contributed by atoms with E-state index in [2.05, 4.69) is 10.3 Å². The Labute approximate surface area is 139 Å². The van der Waals surface area contributed by atoms with Gasteiger partial charge in [-0.1, -0.05) is 11.6 Å². The summed E-state index contributed by atoms with van der Waals surface area (Å²) in [5.41, 5.74) is 0.728. The third-order valence-corrected chi connectivity index (χ3v) is 3.88. The highest BCUT2D eigenvalue weighted by Gasteiger charge is 2.31. The molecule has 2 atom stereocenters. The highest BCUT2D eigenvalue weighted by molar-refractivity contribution is 6.35. The summed E-state index contributed by atoms with van der Waals surface area (Å²) < 4.78 is 10.7. The Bertz CT molecular complexity index is 681. The van der Waals surface area contributed by atoms with Gasteiger partial charge in [-0.05, 0) is 24.3 Å². The molecule has 3 rings (SSSR count). The summed E-state index contributed by atoms with van der Waals surface area (Å²) in [7, 11) is 1.38. The van der Waals surface area contributed by atoms with E-state index >= 15 is 0 Å². The molecule has 1 N–H and O–H groups in total. The van der Waals surface area contributed by atoms with Crippen LogP contribution >= 0.6 is 24.0 Å². The smallest absolute Gasteiger partial charge is 0.323 e. The van der Waals surface area contributed by atoms with E-state index in [-0.39, 0.29) is 30.5 Å². The number of carbonyl (C=O) groups is 1. The molecule has 0 radical (unpaired) electrons. The first kappa shape index (κ1) is 16.8. The monoisotopic (exact) mass is 342 g/mol. The molecule has 22 heavy (non-hydrogen) atoms. The van der Waals surface area contributed by atoms with Crippen molar-refractivity contribution in [2.45, 2.75) is 18.6 Å². The van der Waals surface area contributed by atoms with E-state index in [0.29, 0.717) is 23.7 Å². The standard InChI is InChI=1S/C15H15ClN2O3.ClH/c1-20-15(19)12-7-9(8-18-12)21-13-5-4-11(16)10-3-2-6-17-14(10)13;/h2-6,9,12,18H,7-8H2,1H3;1H. The molecule has 0 spiro atoms. The Morgan fingerprint density at radius 3 is 3.00 bits per heavy atom. The molecule has 1 fully saturated rings. The number of nitrogens with one attached hydrogen (secondary N) is 1. The van der Waals surface area contributed by atoms with Crippen LogP contribution in [0.15, 0.2) is 30.5 Å². The fraction of sp³-hybridized carbons (Fsp3) is 0.333. The minimum Gasteiger partial charge on any atom is -0.487 e. The summed E-state index contributed by atoms with van der Waals surface area (Å²) in [6, 6.07) is 7.03. The van der Waals surface area contributed by atoms with Crippen molar-refractivity contribution >= 4 is 40.9 Å². The zero-order valence-electron chi connectivity index (χ0n) is 11.9. The van der Waals surface area contributed by atoms with E-state index in [1.165, 1.54) is 7.11 Å². The fourth-order valence-electron chi connectivity index (χ4n) is 2.50. The number of rotatable bonds is 3. The van der Waals surface area contributed by atoms with Gasteiger partial charge >= 0.3 is 5.97 Å². The number of methoxy groups -OCH3 is 1. The van der Waals surface area contributed by atoms with Gasteiger partial charge in [-0.15, -0.1) is 12.4 Å². The van der Waals surface area contributed by atoms with Crippen LogP contribution in [0.1, 0.15) is 6.42 Å². The molecular formula is C15H16Cl2N2O3. The number of nitrogens with zero attached hydrogens (tertiary/aromatic N) is 1. The van der Waals surface area contributed by atoms with Crippen molar-refractivity contribution < 1.29 is 14.3 Å². The summed E-state index contributed by atoms with van der Waals surface area (Å²) in [5.74, 6) is 0.410. The molecule has 118 valence electrons. The molecule has 0 aliphatic carbocycles. The molecule has 2 unspecified atom stereocenters. The van der Waals surface area contributed by atoms with E-state index in [1.54, 1.807) is 12.3 Å². The highest BCUT2D eigenvalue weighted by atomic mass is 35.5. The van der Waals surface area contributed by atoms with Crippen molar-refractivity contribution in [1.29, 1.82) is 0 Å². The van der Waals surface area contributed by atoms with E-state index in [9.17, 15) is 4.79 Å². The maximum Gasteiger partial charge on any atom is 0.323 e. The van der Waals surface area contributed by atoms with E-state index in [4.69, 9.17) is 21.1 Å². The maximum atomic E-state index is 11.5. The lowest BCUT2D eigenvalue weighted by molar-refractivity contribution is -0.142. The molecule has 1 aromatic heterocycles. The van der Waals surface area contributed by atoms with Gasteiger partial charge in [0.25, 0.3) is 0 Å². The van der Waals surface area contributed by atoms with Crippen LogP contribution in [0.4, 0.5) is 0 Å². The Kier molecular flexibility index (Phi) is 5.45. The van der Waals surface area contributed by atoms with E-state index in [0.717, 1.165) is 10.9 Å². The summed E-state index contributed by atoms with van der Waals surface area (Å²) in [5, 5.41) is 4.59. The number of hydrogen-bond acceptors (Lipinski definition) is 5. The van der Waals surface area contributed by atoms with E-state index < -0.39 is 0 Å². The molecule has 0 bridgehead atoms. The van der Waals surface area contributed by atoms with Gasteiger partial charge in [0.1, 0.15) is 23.4 Å². The summed E-state index contributed by atoms with van der Waals surface area (Å²) >= 11 is 6.16. The summed E-state index contributed by atoms with van der Waals surface area (Å²) in [6.07, 6.45) is 2.18. The number of benzene rings is 1. The lowest BCUT2D eigenvalue weighted by Crippen LogP contribution is -2.31. The number of carbonyl (C=O) groups excluding carboxylic acids is 1. The maximum absolute atomic E-state index is 11.5. The van der Waals surface area contributed by atoms with Crippen LogP contribution in [0.5, 0.6) is 5.75 Å². The summed E-state index contributed by atoms with van der Waals surface area (Å²) in [6.45, 7) is 0.594. The zero-order chi connectivity index (χ0) is 14.8. The largest absolute Gasteiger partial charge is 0.487 e. The van der Waals surface area contributed by atoms with Crippen LogP contribution in [-0.4, -0.2) is 36.8 Å². The SMILES string of the molecule is COC(=O)C1CC(Oc2ccc(Cl)c3cccnc23)CN1.Cl. The molecule has 1 aliphatic rings. The summed E-state index contributed by atoms with van der Waals surface area (Å²) in [4.78, 5) is 15.8. The molecule has 7 heteroatoms. The first-order valence-corrected chi connectivity index (χ1v) is 7.08. The molecule has 0 saturated carbocycles. The van der Waals surface area contributed by atoms with Gasteiger partial charge in [0.15, 0.2) is 0 Å². The van der Waals surface area contributed by atoms with Gasteiger partial charge in [0.2, 0.25) is 0 Å². The number of hydrogen-bond donors (Lipinski definition) is 1. The molecule has 0 amide bonds. The zero-order valence-corrected chi connectivity index (χ0v) is 13.5. The fourth-order valence-corrected chi connectivity index (χ4v) is 2.72. The van der Waals surface area contributed by atoms with Crippen LogP contribution in [0.2, 0.25) is 5.02 Å². The molecule has 2 heterocycles.